The van der Waals surface area contributed by atoms with Crippen molar-refractivity contribution in [3.63, 3.8) is 0 Å². The normalized spacial score (nSPS) is 21.3. The van der Waals surface area contributed by atoms with Gasteiger partial charge in [-0.25, -0.2) is 0 Å². The Morgan fingerprint density at radius 3 is 2.43 bits per heavy atom. The summed E-state index contributed by atoms with van der Waals surface area (Å²) in [7, 11) is 0. The third-order valence-corrected chi connectivity index (χ3v) is 7.14. The third kappa shape index (κ3) is 5.38. The predicted octanol–water partition coefficient (Wildman–Crippen LogP) is 2.70. The van der Waals surface area contributed by atoms with E-state index in [1.54, 1.807) is 11.3 Å². The number of rotatable bonds is 4. The number of nitrogens with zero attached hydrogens (tertiary/aromatic N) is 2. The summed E-state index contributed by atoms with van der Waals surface area (Å²) >= 11 is 2.82. The summed E-state index contributed by atoms with van der Waals surface area (Å²) in [5.74, 6) is 0.780. The molecule has 7 heteroatoms. The van der Waals surface area contributed by atoms with E-state index in [2.05, 4.69) is 13.8 Å². The fourth-order valence-corrected chi connectivity index (χ4v) is 5.49. The number of hydrogen-bond acceptors (Lipinski definition) is 5. The maximum absolute atomic E-state index is 13.1. The van der Waals surface area contributed by atoms with Crippen LogP contribution in [0.2, 0.25) is 0 Å². The molecule has 0 aromatic carbocycles. The predicted molar refractivity (Wildman–Crippen MR) is 124 cm³/mol. The topological polar surface area (TPSA) is 59.4 Å². The van der Waals surface area contributed by atoms with Gasteiger partial charge in [-0.2, -0.15) is 0 Å². The molecule has 1 amide bonds. The fourth-order valence-electron chi connectivity index (χ4n) is 3.73. The minimum Gasteiger partial charge on any atom is -0.341 e. The van der Waals surface area contributed by atoms with Gasteiger partial charge in [0.05, 0.1) is 4.53 Å². The number of ketones is 1. The van der Waals surface area contributed by atoms with Crippen LogP contribution < -0.4 is 14.8 Å². The molecule has 1 aliphatic rings. The highest BCUT2D eigenvalue weighted by Gasteiger charge is 2.26. The zero-order valence-corrected chi connectivity index (χ0v) is 19.9. The van der Waals surface area contributed by atoms with Crippen LogP contribution in [0, 0.1) is 17.3 Å². The van der Waals surface area contributed by atoms with E-state index < -0.39 is 5.41 Å². The van der Waals surface area contributed by atoms with E-state index in [1.165, 1.54) is 22.0 Å². The lowest BCUT2D eigenvalue weighted by Crippen LogP contribution is -2.46. The maximum atomic E-state index is 13.1. The Morgan fingerprint density at radius 2 is 1.87 bits per heavy atom. The van der Waals surface area contributed by atoms with Crippen molar-refractivity contribution in [3.8, 4) is 0 Å². The van der Waals surface area contributed by atoms with Gasteiger partial charge in [0.2, 0.25) is 5.91 Å². The first kappa shape index (κ1) is 22.7. The zero-order valence-electron chi connectivity index (χ0n) is 18.3. The summed E-state index contributed by atoms with van der Waals surface area (Å²) in [6.45, 7) is 11.3. The van der Waals surface area contributed by atoms with Crippen molar-refractivity contribution in [1.82, 2.24) is 9.47 Å². The Balaban J connectivity index is 2.02. The van der Waals surface area contributed by atoms with Gasteiger partial charge in [-0.3, -0.25) is 19.0 Å². The minimum atomic E-state index is -0.551. The van der Waals surface area contributed by atoms with Crippen LogP contribution in [0.5, 0.6) is 0 Å². The largest absolute Gasteiger partial charge is 0.341 e. The van der Waals surface area contributed by atoms with Gasteiger partial charge < -0.3 is 4.90 Å². The molecule has 0 radical (unpaired) electrons. The van der Waals surface area contributed by atoms with Crippen LogP contribution in [-0.4, -0.2) is 34.2 Å². The number of piperidine rings is 1. The number of amides is 1. The highest BCUT2D eigenvalue weighted by atomic mass is 32.1. The van der Waals surface area contributed by atoms with Crippen LogP contribution in [0.25, 0.3) is 12.2 Å². The van der Waals surface area contributed by atoms with Gasteiger partial charge in [0, 0.05) is 29.5 Å². The lowest BCUT2D eigenvalue weighted by Gasteiger charge is -2.35. The molecule has 2 unspecified atom stereocenters. The lowest BCUT2D eigenvalue weighted by atomic mass is 9.91. The molecule has 0 spiro atoms. The van der Waals surface area contributed by atoms with Crippen molar-refractivity contribution in [2.75, 3.05) is 13.1 Å². The molecule has 0 aliphatic carbocycles. The molecule has 2 aromatic rings. The second kappa shape index (κ2) is 9.02. The Kier molecular flexibility index (Phi) is 6.82. The first-order chi connectivity index (χ1) is 14.0. The van der Waals surface area contributed by atoms with Crippen molar-refractivity contribution in [1.29, 1.82) is 0 Å². The smallest absolute Gasteiger partial charge is 0.269 e. The molecule has 0 bridgehead atoms. The van der Waals surface area contributed by atoms with E-state index >= 15 is 0 Å². The molecule has 2 atom stereocenters. The lowest BCUT2D eigenvalue weighted by molar-refractivity contribution is -0.134. The monoisotopic (exact) mass is 446 g/mol. The Hall–Kier alpha value is -1.99. The van der Waals surface area contributed by atoms with E-state index in [4.69, 9.17) is 0 Å². The quantitative estimate of drug-likeness (QED) is 0.726. The molecule has 162 valence electrons. The van der Waals surface area contributed by atoms with Crippen molar-refractivity contribution < 1.29 is 9.59 Å². The van der Waals surface area contributed by atoms with Crippen LogP contribution in [0.3, 0.4) is 0 Å². The zero-order chi connectivity index (χ0) is 22.1. The molecule has 30 heavy (non-hydrogen) atoms. The number of thiazole rings is 1. The van der Waals surface area contributed by atoms with Gasteiger partial charge in [-0.15, -0.1) is 22.7 Å². The molecule has 3 heterocycles. The summed E-state index contributed by atoms with van der Waals surface area (Å²) in [5, 5.41) is 1.95. The van der Waals surface area contributed by atoms with E-state index in [9.17, 15) is 14.4 Å². The molecule has 0 N–H and O–H groups in total. The highest BCUT2D eigenvalue weighted by Crippen LogP contribution is 2.21. The van der Waals surface area contributed by atoms with Crippen molar-refractivity contribution >= 4 is 46.5 Å². The van der Waals surface area contributed by atoms with Crippen LogP contribution in [-0.2, 0) is 16.1 Å². The third-order valence-electron chi connectivity index (χ3n) is 5.26. The molecule has 5 nitrogen and oxygen atoms in total. The maximum Gasteiger partial charge on any atom is 0.269 e. The number of thiophene rings is 1. The average molecular weight is 447 g/mol. The summed E-state index contributed by atoms with van der Waals surface area (Å²) in [4.78, 5) is 41.6. The molecule has 1 aliphatic heterocycles. The van der Waals surface area contributed by atoms with Crippen LogP contribution >= 0.6 is 22.7 Å². The van der Waals surface area contributed by atoms with E-state index in [0.29, 0.717) is 21.0 Å². The number of Topliss-reactive ketones (excluding diaryl/α,β-unsaturated/α-hetero) is 1. The highest BCUT2D eigenvalue weighted by molar-refractivity contribution is 7.11. The Bertz CT molecular complexity index is 1080. The number of hydrogen-bond donors (Lipinski definition) is 0. The summed E-state index contributed by atoms with van der Waals surface area (Å²) in [5.41, 5.74) is -0.766. The van der Waals surface area contributed by atoms with Gasteiger partial charge in [0.1, 0.15) is 11.2 Å². The van der Waals surface area contributed by atoms with Gasteiger partial charge in [-0.05, 0) is 35.8 Å². The summed E-state index contributed by atoms with van der Waals surface area (Å²) < 4.78 is 2.55. The number of aromatic nitrogens is 1. The first-order valence-corrected chi connectivity index (χ1v) is 12.0. The van der Waals surface area contributed by atoms with Crippen molar-refractivity contribution in [2.45, 2.75) is 47.6 Å². The van der Waals surface area contributed by atoms with Gasteiger partial charge in [0.25, 0.3) is 5.56 Å². The number of carbonyl (C=O) groups is 2. The van der Waals surface area contributed by atoms with Gasteiger partial charge >= 0.3 is 0 Å². The van der Waals surface area contributed by atoms with Crippen molar-refractivity contribution in [2.24, 2.45) is 17.3 Å². The second-order valence-corrected chi connectivity index (χ2v) is 11.4. The molecule has 0 saturated carbocycles. The molecule has 3 rings (SSSR count). The average Bonchev–Trinajstić information content (AvgIpc) is 3.24. The number of likely N-dealkylation sites (tertiary alicyclic amines) is 1. The standard InChI is InChI=1S/C23H30N2O3S2/c1-15-9-16(2)13-24(12-15)20(27)14-25-21(11-19(26)23(3,4)5)30-18(22(25)28)10-17-7-6-8-29-17/h6-8,10-11,15-16H,9,12-14H2,1-5H3. The van der Waals surface area contributed by atoms with E-state index in [0.717, 1.165) is 24.4 Å². The Morgan fingerprint density at radius 1 is 1.20 bits per heavy atom. The SMILES string of the molecule is CC1CC(C)CN(C(=O)Cn2c(=CC(=O)C(C)(C)C)sc(=Cc3cccs3)c2=O)C1. The molecule has 1 saturated heterocycles. The summed E-state index contributed by atoms with van der Waals surface area (Å²) in [6, 6.07) is 3.88. The molecule has 1 fully saturated rings. The van der Waals surface area contributed by atoms with E-state index in [-0.39, 0.29) is 23.8 Å². The van der Waals surface area contributed by atoms with Crippen LogP contribution in [0.1, 0.15) is 45.9 Å². The Labute approximate surface area is 185 Å². The van der Waals surface area contributed by atoms with Crippen LogP contribution in [0.15, 0.2) is 22.3 Å². The summed E-state index contributed by atoms with van der Waals surface area (Å²) in [6.07, 6.45) is 4.47. The van der Waals surface area contributed by atoms with Gasteiger partial charge in [-0.1, -0.05) is 40.7 Å². The fraction of sp³-hybridized carbons (Fsp3) is 0.522. The van der Waals surface area contributed by atoms with Crippen molar-refractivity contribution in [3.05, 3.63) is 41.9 Å². The first-order valence-electron chi connectivity index (χ1n) is 10.3. The minimum absolute atomic E-state index is 0.0314. The molecular formula is C23H30N2O3S2. The molecular weight excluding hydrogens is 416 g/mol. The number of carbonyl (C=O) groups excluding carboxylic acids is 2. The molecule has 2 aromatic heterocycles. The van der Waals surface area contributed by atoms with Gasteiger partial charge in [0.15, 0.2) is 5.78 Å². The second-order valence-electron chi connectivity index (χ2n) is 9.36. The van der Waals surface area contributed by atoms with E-state index in [1.807, 2.05) is 49.3 Å². The van der Waals surface area contributed by atoms with Crippen LogP contribution in [0.4, 0.5) is 0 Å².